The highest BCUT2D eigenvalue weighted by Gasteiger charge is 2.26. The van der Waals surface area contributed by atoms with Gasteiger partial charge in [-0.1, -0.05) is 27.7 Å². The number of hydrogen-bond acceptors (Lipinski definition) is 3. The lowest BCUT2D eigenvalue weighted by Crippen LogP contribution is -2.46. The van der Waals surface area contributed by atoms with Gasteiger partial charge in [-0.3, -0.25) is 0 Å². The minimum Gasteiger partial charge on any atom is -0.389 e. The number of likely N-dealkylation sites (N-methyl/N-ethyl adjacent to an activating group) is 1. The molecule has 0 aliphatic rings. The van der Waals surface area contributed by atoms with E-state index < -0.39 is 5.60 Å². The van der Waals surface area contributed by atoms with Crippen LogP contribution in [-0.2, 0) is 0 Å². The van der Waals surface area contributed by atoms with Gasteiger partial charge < -0.3 is 15.3 Å². The molecular formula is C14H32N2O. The summed E-state index contributed by atoms with van der Waals surface area (Å²) in [5.74, 6) is 0. The second-order valence-electron chi connectivity index (χ2n) is 6.06. The van der Waals surface area contributed by atoms with Crippen LogP contribution in [0.1, 0.15) is 48.0 Å². The molecule has 0 bridgehead atoms. The van der Waals surface area contributed by atoms with Gasteiger partial charge >= 0.3 is 0 Å². The van der Waals surface area contributed by atoms with Crippen LogP contribution in [0, 0.1) is 5.41 Å². The van der Waals surface area contributed by atoms with Crippen LogP contribution >= 0.6 is 0 Å². The van der Waals surface area contributed by atoms with Crippen molar-refractivity contribution in [3.05, 3.63) is 0 Å². The van der Waals surface area contributed by atoms with Crippen LogP contribution in [0.5, 0.6) is 0 Å². The molecule has 2 N–H and O–H groups in total. The number of aliphatic hydroxyl groups is 1. The lowest BCUT2D eigenvalue weighted by Gasteiger charge is -2.37. The molecule has 0 aromatic rings. The van der Waals surface area contributed by atoms with E-state index in [1.165, 1.54) is 0 Å². The van der Waals surface area contributed by atoms with Gasteiger partial charge in [0.2, 0.25) is 0 Å². The normalized spacial score (nSPS) is 16.2. The summed E-state index contributed by atoms with van der Waals surface area (Å²) >= 11 is 0. The third-order valence-corrected chi connectivity index (χ3v) is 3.32. The molecule has 0 aliphatic heterocycles. The molecule has 3 nitrogen and oxygen atoms in total. The average molecular weight is 244 g/mol. The molecule has 0 amide bonds. The minimum atomic E-state index is -0.608. The Bertz CT molecular complexity index is 201. The summed E-state index contributed by atoms with van der Waals surface area (Å²) in [5.41, 5.74) is -0.319. The summed E-state index contributed by atoms with van der Waals surface area (Å²) in [6.45, 7) is 17.5. The molecule has 0 spiro atoms. The Labute approximate surface area is 108 Å². The van der Waals surface area contributed by atoms with E-state index >= 15 is 0 Å². The molecule has 17 heavy (non-hydrogen) atoms. The Morgan fingerprint density at radius 3 is 2.00 bits per heavy atom. The maximum Gasteiger partial charge on any atom is 0.0718 e. The molecule has 0 aromatic heterocycles. The van der Waals surface area contributed by atoms with E-state index in [0.717, 1.165) is 39.1 Å². The van der Waals surface area contributed by atoms with Crippen molar-refractivity contribution in [3.63, 3.8) is 0 Å². The van der Waals surface area contributed by atoms with Gasteiger partial charge in [-0.2, -0.15) is 0 Å². The number of hydrogen-bond donors (Lipinski definition) is 2. The molecule has 0 aromatic carbocycles. The highest BCUT2D eigenvalue weighted by Crippen LogP contribution is 2.22. The van der Waals surface area contributed by atoms with Gasteiger partial charge in [0.1, 0.15) is 0 Å². The van der Waals surface area contributed by atoms with Crippen LogP contribution in [0.25, 0.3) is 0 Å². The van der Waals surface area contributed by atoms with Gasteiger partial charge in [0.05, 0.1) is 5.60 Å². The Morgan fingerprint density at radius 2 is 1.65 bits per heavy atom. The Hall–Kier alpha value is -0.120. The molecular weight excluding hydrogens is 212 g/mol. The van der Waals surface area contributed by atoms with Crippen molar-refractivity contribution < 1.29 is 5.11 Å². The summed E-state index contributed by atoms with van der Waals surface area (Å²) < 4.78 is 0. The molecule has 1 unspecified atom stereocenters. The van der Waals surface area contributed by atoms with Crippen molar-refractivity contribution in [2.24, 2.45) is 5.41 Å². The van der Waals surface area contributed by atoms with Crippen LogP contribution in [0.15, 0.2) is 0 Å². The zero-order valence-corrected chi connectivity index (χ0v) is 12.6. The fourth-order valence-electron chi connectivity index (χ4n) is 2.09. The molecule has 0 fully saturated rings. The zero-order valence-electron chi connectivity index (χ0n) is 12.6. The highest BCUT2D eigenvalue weighted by atomic mass is 16.3. The molecule has 0 saturated carbocycles. The van der Waals surface area contributed by atoms with Crippen LogP contribution in [0.4, 0.5) is 0 Å². The SMILES string of the molecule is CCNCC(C)(CC)CN(CC)CC(C)(C)O. The first kappa shape index (κ1) is 16.9. The van der Waals surface area contributed by atoms with Crippen molar-refractivity contribution in [2.45, 2.75) is 53.6 Å². The first-order chi connectivity index (χ1) is 7.76. The molecule has 1 atom stereocenters. The van der Waals surface area contributed by atoms with E-state index in [-0.39, 0.29) is 5.41 Å². The Morgan fingerprint density at radius 1 is 1.06 bits per heavy atom. The minimum absolute atomic E-state index is 0.289. The third-order valence-electron chi connectivity index (χ3n) is 3.32. The Kier molecular flexibility index (Phi) is 7.29. The predicted molar refractivity (Wildman–Crippen MR) is 75.4 cm³/mol. The Balaban J connectivity index is 4.39. The van der Waals surface area contributed by atoms with Gasteiger partial charge in [0.15, 0.2) is 0 Å². The van der Waals surface area contributed by atoms with Gasteiger partial charge in [0.25, 0.3) is 0 Å². The van der Waals surface area contributed by atoms with Crippen molar-refractivity contribution >= 4 is 0 Å². The predicted octanol–water partition coefficient (Wildman–Crippen LogP) is 2.11. The smallest absolute Gasteiger partial charge is 0.0718 e. The first-order valence-corrected chi connectivity index (χ1v) is 6.91. The lowest BCUT2D eigenvalue weighted by atomic mass is 9.86. The van der Waals surface area contributed by atoms with Crippen LogP contribution in [0.2, 0.25) is 0 Å². The van der Waals surface area contributed by atoms with Crippen molar-refractivity contribution in [2.75, 3.05) is 32.7 Å². The third kappa shape index (κ3) is 7.74. The number of nitrogens with zero attached hydrogens (tertiary/aromatic N) is 1. The van der Waals surface area contributed by atoms with Gasteiger partial charge in [0, 0.05) is 19.6 Å². The second-order valence-corrected chi connectivity index (χ2v) is 6.06. The van der Waals surface area contributed by atoms with E-state index in [0.29, 0.717) is 0 Å². The monoisotopic (exact) mass is 244 g/mol. The van der Waals surface area contributed by atoms with Gasteiger partial charge in [-0.15, -0.1) is 0 Å². The average Bonchev–Trinajstić information content (AvgIpc) is 2.23. The van der Waals surface area contributed by atoms with E-state index in [1.54, 1.807) is 0 Å². The summed E-state index contributed by atoms with van der Waals surface area (Å²) in [4.78, 5) is 2.35. The standard InChI is InChI=1S/C14H32N2O/c1-7-14(6,10-15-8-2)12-16(9-3)11-13(4,5)17/h15,17H,7-12H2,1-6H3. The maximum atomic E-state index is 9.91. The lowest BCUT2D eigenvalue weighted by molar-refractivity contribution is 0.0233. The molecule has 0 rings (SSSR count). The summed E-state index contributed by atoms with van der Waals surface area (Å²) in [6, 6.07) is 0. The number of rotatable bonds is 9. The zero-order chi connectivity index (χ0) is 13.5. The molecule has 3 heteroatoms. The number of nitrogens with one attached hydrogen (secondary N) is 1. The summed E-state index contributed by atoms with van der Waals surface area (Å²) in [6.07, 6.45) is 1.16. The van der Waals surface area contributed by atoms with Crippen LogP contribution in [0.3, 0.4) is 0 Å². The van der Waals surface area contributed by atoms with Crippen LogP contribution < -0.4 is 5.32 Å². The summed E-state index contributed by atoms with van der Waals surface area (Å²) in [7, 11) is 0. The molecule has 0 aliphatic carbocycles. The largest absolute Gasteiger partial charge is 0.389 e. The molecule has 0 radical (unpaired) electrons. The van der Waals surface area contributed by atoms with E-state index in [1.807, 2.05) is 13.8 Å². The topological polar surface area (TPSA) is 35.5 Å². The quantitative estimate of drug-likeness (QED) is 0.652. The van der Waals surface area contributed by atoms with Crippen molar-refractivity contribution in [3.8, 4) is 0 Å². The second kappa shape index (κ2) is 7.34. The molecule has 0 heterocycles. The van der Waals surface area contributed by atoms with Crippen molar-refractivity contribution in [1.29, 1.82) is 0 Å². The molecule has 104 valence electrons. The van der Waals surface area contributed by atoms with E-state index in [2.05, 4.69) is 37.9 Å². The summed E-state index contributed by atoms with van der Waals surface area (Å²) in [5, 5.41) is 13.4. The van der Waals surface area contributed by atoms with Gasteiger partial charge in [-0.05, 0) is 38.8 Å². The van der Waals surface area contributed by atoms with Crippen molar-refractivity contribution in [1.82, 2.24) is 10.2 Å². The maximum absolute atomic E-state index is 9.91. The van der Waals surface area contributed by atoms with E-state index in [4.69, 9.17) is 0 Å². The van der Waals surface area contributed by atoms with Gasteiger partial charge in [-0.25, -0.2) is 0 Å². The fraction of sp³-hybridized carbons (Fsp3) is 1.00. The first-order valence-electron chi connectivity index (χ1n) is 6.91. The fourth-order valence-corrected chi connectivity index (χ4v) is 2.09. The molecule has 0 saturated heterocycles. The van der Waals surface area contributed by atoms with E-state index in [9.17, 15) is 5.11 Å². The highest BCUT2D eigenvalue weighted by molar-refractivity contribution is 4.82. The van der Waals surface area contributed by atoms with Crippen LogP contribution in [-0.4, -0.2) is 48.3 Å².